The minimum Gasteiger partial charge on any atom is -0.460 e. The van der Waals surface area contributed by atoms with Crippen molar-refractivity contribution < 1.29 is 28.7 Å². The van der Waals surface area contributed by atoms with E-state index in [0.717, 1.165) is 12.2 Å². The summed E-state index contributed by atoms with van der Waals surface area (Å²) >= 11 is 0. The molecule has 2 atom stereocenters. The van der Waals surface area contributed by atoms with Gasteiger partial charge in [0.1, 0.15) is 13.2 Å². The summed E-state index contributed by atoms with van der Waals surface area (Å²) in [6.07, 6.45) is 4.08. The largest absolute Gasteiger partial charge is 0.460 e. The molecule has 2 saturated heterocycles. The Bertz CT molecular complexity index is 458. The second-order valence-electron chi connectivity index (χ2n) is 5.20. The second kappa shape index (κ2) is 7.58. The van der Waals surface area contributed by atoms with E-state index in [1.54, 1.807) is 0 Å². The first-order valence-corrected chi connectivity index (χ1v) is 7.13. The van der Waals surface area contributed by atoms with Crippen LogP contribution in [-0.2, 0) is 28.7 Å². The maximum absolute atomic E-state index is 11.4. The van der Waals surface area contributed by atoms with Crippen LogP contribution in [0.25, 0.3) is 0 Å². The number of esters is 2. The van der Waals surface area contributed by atoms with Gasteiger partial charge in [-0.25, -0.2) is 9.59 Å². The second-order valence-corrected chi connectivity index (χ2v) is 5.20. The lowest BCUT2D eigenvalue weighted by molar-refractivity contribution is -0.141. The highest BCUT2D eigenvalue weighted by molar-refractivity contribution is 5.91. The van der Waals surface area contributed by atoms with Crippen LogP contribution in [0.5, 0.6) is 0 Å². The molecule has 8 nitrogen and oxygen atoms in total. The summed E-state index contributed by atoms with van der Waals surface area (Å²) in [5.74, 6) is -1.46. The lowest BCUT2D eigenvalue weighted by Crippen LogP contribution is -2.30. The SMILES string of the molecule is O=C1CCC(COC(=O)/C=C/C(=O)OCC2CCC(=O)N2)N1. The zero-order valence-corrected chi connectivity index (χ0v) is 12.0. The van der Waals surface area contributed by atoms with Crippen LogP contribution < -0.4 is 10.6 Å². The van der Waals surface area contributed by atoms with Crippen LogP contribution in [0.3, 0.4) is 0 Å². The van der Waals surface area contributed by atoms with Crippen LogP contribution in [0.2, 0.25) is 0 Å². The average molecular weight is 310 g/mol. The van der Waals surface area contributed by atoms with Gasteiger partial charge in [-0.3, -0.25) is 9.59 Å². The molecule has 2 fully saturated rings. The van der Waals surface area contributed by atoms with E-state index in [1.807, 2.05) is 0 Å². The molecule has 0 saturated carbocycles. The molecule has 8 heteroatoms. The summed E-state index contributed by atoms with van der Waals surface area (Å²) in [6.45, 7) is 0.163. The van der Waals surface area contributed by atoms with E-state index in [-0.39, 0.29) is 37.1 Å². The lowest BCUT2D eigenvalue weighted by atomic mass is 10.2. The summed E-state index contributed by atoms with van der Waals surface area (Å²) in [5.41, 5.74) is 0. The standard InChI is InChI=1S/C14H18N2O6/c17-11-3-1-9(15-11)7-21-13(19)5-6-14(20)22-8-10-2-4-12(18)16-10/h5-6,9-10H,1-4,7-8H2,(H,15,17)(H,16,18)/b6-5+. The fraction of sp³-hybridized carbons (Fsp3) is 0.571. The minimum atomic E-state index is -0.674. The first kappa shape index (κ1) is 16.0. The van der Waals surface area contributed by atoms with Crippen molar-refractivity contribution in [3.05, 3.63) is 12.2 Å². The molecule has 2 aliphatic rings. The van der Waals surface area contributed by atoms with Gasteiger partial charge in [0.2, 0.25) is 11.8 Å². The molecule has 0 aromatic heterocycles. The van der Waals surface area contributed by atoms with Crippen molar-refractivity contribution in [2.24, 2.45) is 0 Å². The highest BCUT2D eigenvalue weighted by Gasteiger charge is 2.22. The fourth-order valence-corrected chi connectivity index (χ4v) is 2.20. The number of carbonyl (C=O) groups excluding carboxylic acids is 4. The Morgan fingerprint density at radius 3 is 1.64 bits per heavy atom. The van der Waals surface area contributed by atoms with Crippen LogP contribution in [-0.4, -0.2) is 49.1 Å². The summed E-state index contributed by atoms with van der Waals surface area (Å²) in [5, 5.41) is 5.33. The smallest absolute Gasteiger partial charge is 0.331 e. The molecule has 0 aromatic rings. The number of hydrogen-bond acceptors (Lipinski definition) is 6. The van der Waals surface area contributed by atoms with Crippen molar-refractivity contribution in [1.82, 2.24) is 10.6 Å². The van der Waals surface area contributed by atoms with Gasteiger partial charge in [0.15, 0.2) is 0 Å². The Balaban J connectivity index is 1.60. The van der Waals surface area contributed by atoms with Crippen LogP contribution >= 0.6 is 0 Å². The lowest BCUT2D eigenvalue weighted by Gasteiger charge is -2.09. The predicted octanol–water partition coefficient (Wildman–Crippen LogP) is -0.814. The molecule has 2 aliphatic heterocycles. The van der Waals surface area contributed by atoms with Gasteiger partial charge in [-0.1, -0.05) is 0 Å². The molecule has 0 aliphatic carbocycles. The quantitative estimate of drug-likeness (QED) is 0.490. The zero-order valence-electron chi connectivity index (χ0n) is 12.0. The summed E-state index contributed by atoms with van der Waals surface area (Å²) in [4.78, 5) is 44.7. The maximum Gasteiger partial charge on any atom is 0.331 e. The molecule has 2 rings (SSSR count). The Labute approximate surface area is 127 Å². The Morgan fingerprint density at radius 2 is 1.32 bits per heavy atom. The van der Waals surface area contributed by atoms with Gasteiger partial charge in [0, 0.05) is 25.0 Å². The van der Waals surface area contributed by atoms with E-state index in [2.05, 4.69) is 10.6 Å². The number of nitrogens with one attached hydrogen (secondary N) is 2. The van der Waals surface area contributed by atoms with Gasteiger partial charge in [-0.2, -0.15) is 0 Å². The maximum atomic E-state index is 11.4. The predicted molar refractivity (Wildman–Crippen MR) is 73.4 cm³/mol. The molecular formula is C14H18N2O6. The number of ether oxygens (including phenoxy) is 2. The van der Waals surface area contributed by atoms with Crippen molar-refractivity contribution in [3.8, 4) is 0 Å². The van der Waals surface area contributed by atoms with Gasteiger partial charge in [-0.05, 0) is 12.8 Å². The highest BCUT2D eigenvalue weighted by Crippen LogP contribution is 2.07. The molecular weight excluding hydrogens is 292 g/mol. The third kappa shape index (κ3) is 5.19. The number of amides is 2. The normalized spacial score (nSPS) is 24.2. The third-order valence-electron chi connectivity index (χ3n) is 3.38. The van der Waals surface area contributed by atoms with Gasteiger partial charge in [0.25, 0.3) is 0 Å². The number of carbonyl (C=O) groups is 4. The van der Waals surface area contributed by atoms with Crippen LogP contribution in [0.1, 0.15) is 25.7 Å². The van der Waals surface area contributed by atoms with E-state index in [0.29, 0.717) is 25.7 Å². The highest BCUT2D eigenvalue weighted by atomic mass is 16.5. The Hall–Kier alpha value is -2.38. The Morgan fingerprint density at radius 1 is 0.909 bits per heavy atom. The van der Waals surface area contributed by atoms with Crippen molar-refractivity contribution in [1.29, 1.82) is 0 Å². The summed E-state index contributed by atoms with van der Waals surface area (Å²) < 4.78 is 9.82. The third-order valence-corrected chi connectivity index (χ3v) is 3.38. The van der Waals surface area contributed by atoms with Crippen molar-refractivity contribution >= 4 is 23.8 Å². The summed E-state index contributed by atoms with van der Waals surface area (Å²) in [6, 6.07) is -0.328. The van der Waals surface area contributed by atoms with Gasteiger partial charge in [0.05, 0.1) is 12.1 Å². The summed E-state index contributed by atoms with van der Waals surface area (Å²) in [7, 11) is 0. The molecule has 120 valence electrons. The van der Waals surface area contributed by atoms with Gasteiger partial charge in [-0.15, -0.1) is 0 Å². The molecule has 2 amide bonds. The van der Waals surface area contributed by atoms with E-state index in [1.165, 1.54) is 0 Å². The monoisotopic (exact) mass is 310 g/mol. The van der Waals surface area contributed by atoms with Gasteiger partial charge < -0.3 is 20.1 Å². The van der Waals surface area contributed by atoms with Crippen LogP contribution in [0.4, 0.5) is 0 Å². The Kier molecular flexibility index (Phi) is 5.51. The van der Waals surface area contributed by atoms with Crippen molar-refractivity contribution in [3.63, 3.8) is 0 Å². The molecule has 0 radical (unpaired) electrons. The fourth-order valence-electron chi connectivity index (χ4n) is 2.20. The van der Waals surface area contributed by atoms with Crippen LogP contribution in [0, 0.1) is 0 Å². The molecule has 2 N–H and O–H groups in total. The van der Waals surface area contributed by atoms with E-state index < -0.39 is 11.9 Å². The van der Waals surface area contributed by atoms with E-state index in [9.17, 15) is 19.2 Å². The number of rotatable bonds is 6. The molecule has 2 unspecified atom stereocenters. The van der Waals surface area contributed by atoms with E-state index in [4.69, 9.17) is 9.47 Å². The van der Waals surface area contributed by atoms with Gasteiger partial charge >= 0.3 is 11.9 Å². The zero-order chi connectivity index (χ0) is 15.9. The van der Waals surface area contributed by atoms with E-state index >= 15 is 0 Å². The molecule has 22 heavy (non-hydrogen) atoms. The molecule has 0 aromatic carbocycles. The topological polar surface area (TPSA) is 111 Å². The van der Waals surface area contributed by atoms with Crippen molar-refractivity contribution in [2.75, 3.05) is 13.2 Å². The molecule has 0 spiro atoms. The molecule has 0 bridgehead atoms. The average Bonchev–Trinajstić information content (AvgIpc) is 3.09. The minimum absolute atomic E-state index is 0.0563. The number of hydrogen-bond donors (Lipinski definition) is 2. The first-order valence-electron chi connectivity index (χ1n) is 7.13. The van der Waals surface area contributed by atoms with Crippen LogP contribution in [0.15, 0.2) is 12.2 Å². The first-order chi connectivity index (χ1) is 10.5. The molecule has 2 heterocycles. The van der Waals surface area contributed by atoms with Crippen molar-refractivity contribution in [2.45, 2.75) is 37.8 Å².